The molecule has 0 spiro atoms. The van der Waals surface area contributed by atoms with Gasteiger partial charge in [0.15, 0.2) is 0 Å². The van der Waals surface area contributed by atoms with Gasteiger partial charge in [-0.1, -0.05) is 50.3 Å². The maximum atomic E-state index is 12.8. The minimum Gasteiger partial charge on any atom is -0.390 e. The highest BCUT2D eigenvalue weighted by atomic mass is 32.2. The topological polar surface area (TPSA) is 77.3 Å². The van der Waals surface area contributed by atoms with Crippen LogP contribution >= 0.6 is 11.8 Å². The third-order valence-corrected chi connectivity index (χ3v) is 7.98. The lowest BCUT2D eigenvalue weighted by molar-refractivity contribution is -0.122. The van der Waals surface area contributed by atoms with Gasteiger partial charge in [-0.15, -0.1) is 0 Å². The largest absolute Gasteiger partial charge is 0.390 e. The zero-order valence-corrected chi connectivity index (χ0v) is 24.3. The zero-order chi connectivity index (χ0) is 28.1. The van der Waals surface area contributed by atoms with E-state index in [0.29, 0.717) is 50.9 Å². The van der Waals surface area contributed by atoms with E-state index >= 15 is 0 Å². The fraction of sp³-hybridized carbons (Fsp3) is 0.621. The van der Waals surface area contributed by atoms with E-state index in [1.807, 2.05) is 38.3 Å². The molecule has 1 amide bonds. The van der Waals surface area contributed by atoms with Gasteiger partial charge in [-0.2, -0.15) is 0 Å². The van der Waals surface area contributed by atoms with E-state index in [2.05, 4.69) is 22.1 Å². The fourth-order valence-electron chi connectivity index (χ4n) is 4.91. The molecule has 38 heavy (non-hydrogen) atoms. The van der Waals surface area contributed by atoms with Crippen LogP contribution < -0.4 is 5.32 Å². The Morgan fingerprint density at radius 2 is 2.11 bits per heavy atom. The van der Waals surface area contributed by atoms with E-state index in [1.54, 1.807) is 24.9 Å². The molecule has 1 fully saturated rings. The Morgan fingerprint density at radius 1 is 1.34 bits per heavy atom. The number of halogens is 2. The quantitative estimate of drug-likeness (QED) is 0.231. The van der Waals surface area contributed by atoms with Crippen LogP contribution in [0.25, 0.3) is 0 Å². The molecule has 0 radical (unpaired) electrons. The Bertz CT molecular complexity index is 987. The number of aliphatic hydroxyl groups is 1. The van der Waals surface area contributed by atoms with Gasteiger partial charge < -0.3 is 15.3 Å². The number of hydrogen-bond acceptors (Lipinski definition) is 6. The molecule has 0 aromatic heterocycles. The van der Waals surface area contributed by atoms with Crippen molar-refractivity contribution in [3.63, 3.8) is 0 Å². The number of carbonyl (C=O) groups excluding carboxylic acids is 1. The number of rotatable bonds is 15. The molecule has 2 unspecified atom stereocenters. The first-order chi connectivity index (χ1) is 18.2. The maximum Gasteiger partial charge on any atom is 0.242 e. The smallest absolute Gasteiger partial charge is 0.242 e. The lowest BCUT2D eigenvalue weighted by atomic mass is 9.89. The van der Waals surface area contributed by atoms with Gasteiger partial charge >= 0.3 is 0 Å². The summed E-state index contributed by atoms with van der Waals surface area (Å²) in [5.41, 5.74) is 1.86. The van der Waals surface area contributed by atoms with Crippen LogP contribution in [0.4, 0.5) is 8.78 Å². The molecule has 2 aliphatic rings. The number of nitrogens with one attached hydrogen (secondary N) is 1. The number of allylic oxidation sites excluding steroid dienone is 4. The van der Waals surface area contributed by atoms with Gasteiger partial charge in [0.05, 0.1) is 23.9 Å². The highest BCUT2D eigenvalue weighted by Gasteiger charge is 2.36. The molecule has 2 heterocycles. The van der Waals surface area contributed by atoms with Gasteiger partial charge in [-0.05, 0) is 51.0 Å². The second-order valence-corrected chi connectivity index (χ2v) is 10.7. The molecule has 212 valence electrons. The van der Waals surface area contributed by atoms with E-state index in [0.717, 1.165) is 34.9 Å². The predicted octanol–water partition coefficient (Wildman–Crippen LogP) is 6.41. The minimum atomic E-state index is -2.41. The van der Waals surface area contributed by atoms with Crippen molar-refractivity contribution in [2.24, 2.45) is 9.98 Å². The number of hydrogen-bond donors (Lipinski definition) is 2. The van der Waals surface area contributed by atoms with E-state index in [1.165, 1.54) is 6.08 Å². The van der Waals surface area contributed by atoms with Crippen LogP contribution in [0.5, 0.6) is 0 Å². The summed E-state index contributed by atoms with van der Waals surface area (Å²) in [6.07, 6.45) is 8.94. The maximum absolute atomic E-state index is 12.8. The van der Waals surface area contributed by atoms with Gasteiger partial charge in [-0.3, -0.25) is 14.8 Å². The molecular formula is C29H44F2N4O2S. The molecule has 9 heteroatoms. The summed E-state index contributed by atoms with van der Waals surface area (Å²) in [6, 6.07) is -0.107. The van der Waals surface area contributed by atoms with Crippen molar-refractivity contribution in [1.29, 1.82) is 0 Å². The second-order valence-electron chi connectivity index (χ2n) is 9.70. The van der Waals surface area contributed by atoms with Gasteiger partial charge in [0.25, 0.3) is 0 Å². The second kappa shape index (κ2) is 16.0. The lowest BCUT2D eigenvalue weighted by Gasteiger charge is -2.29. The Balaban J connectivity index is 2.21. The molecule has 6 nitrogen and oxygen atoms in total. The highest BCUT2D eigenvalue weighted by Crippen LogP contribution is 2.34. The van der Waals surface area contributed by atoms with Crippen LogP contribution in [0, 0.1) is 0 Å². The van der Waals surface area contributed by atoms with Crippen LogP contribution in [0.3, 0.4) is 0 Å². The molecule has 1 saturated heterocycles. The van der Waals surface area contributed by atoms with Crippen molar-refractivity contribution >= 4 is 29.2 Å². The molecule has 2 rings (SSSR count). The fourth-order valence-corrected chi connectivity index (χ4v) is 5.61. The Morgan fingerprint density at radius 3 is 2.71 bits per heavy atom. The summed E-state index contributed by atoms with van der Waals surface area (Å²) in [5.74, 6) is 0.826. The van der Waals surface area contributed by atoms with Gasteiger partial charge in [0.2, 0.25) is 12.3 Å². The average Bonchev–Trinajstić information content (AvgIpc) is 3.31. The number of aliphatic imine (C=N–C) groups is 2. The zero-order valence-electron chi connectivity index (χ0n) is 23.5. The minimum absolute atomic E-state index is 0.0267. The number of alkyl halides is 2. The summed E-state index contributed by atoms with van der Waals surface area (Å²) >= 11 is 1.59. The molecule has 0 aromatic carbocycles. The van der Waals surface area contributed by atoms with Crippen molar-refractivity contribution in [2.75, 3.05) is 20.1 Å². The van der Waals surface area contributed by atoms with Gasteiger partial charge in [0.1, 0.15) is 5.84 Å². The SMILES string of the molecule is C/C=C\S/C(=C/C)C1=NCC(C(/C=C\CC(F)F)=NC)=C2CC(NC(=O)CCCC(O)(CC)CCC)CN12. The third-order valence-electron chi connectivity index (χ3n) is 6.90. The van der Waals surface area contributed by atoms with Crippen LogP contribution in [0.1, 0.15) is 79.1 Å². The Hall–Kier alpha value is -2.26. The summed E-state index contributed by atoms with van der Waals surface area (Å²) in [4.78, 5) is 25.2. The number of thioether (sulfide) groups is 1. The molecule has 0 aromatic rings. The average molecular weight is 551 g/mol. The number of fused-ring (bicyclic) bond motifs is 1. The molecule has 0 saturated carbocycles. The Kier molecular flexibility index (Phi) is 13.4. The van der Waals surface area contributed by atoms with Crippen LogP contribution in [-0.2, 0) is 4.79 Å². The van der Waals surface area contributed by atoms with Crippen molar-refractivity contribution in [3.05, 3.63) is 45.9 Å². The number of amidine groups is 1. The van der Waals surface area contributed by atoms with Crippen molar-refractivity contribution in [2.45, 2.75) is 97.1 Å². The first-order valence-electron chi connectivity index (χ1n) is 13.6. The molecule has 2 aliphatic heterocycles. The Labute approximate surface area is 231 Å². The van der Waals surface area contributed by atoms with E-state index < -0.39 is 12.0 Å². The normalized spacial score (nSPS) is 20.5. The van der Waals surface area contributed by atoms with Gasteiger partial charge in [-0.25, -0.2) is 8.78 Å². The predicted molar refractivity (Wildman–Crippen MR) is 156 cm³/mol. The molecule has 2 N–H and O–H groups in total. The van der Waals surface area contributed by atoms with E-state index in [-0.39, 0.29) is 18.4 Å². The van der Waals surface area contributed by atoms with Crippen molar-refractivity contribution in [1.82, 2.24) is 10.2 Å². The first kappa shape index (κ1) is 32.0. The first-order valence-corrected chi connectivity index (χ1v) is 14.5. The molecule has 2 atom stereocenters. The standard InChI is InChI=1S/C29H44F2N4O2S/c1-6-15-29(37,9-4)16-11-14-27(36)34-21-18-24-22(23(32-5)12-10-13-26(30)31)19-33-28(35(24)20-21)25(8-3)38-17-7-2/h7-8,10,12,17,21,26,37H,6,9,11,13-16,18-20H2,1-5H3,(H,34,36)/b12-10-,17-7-,25-8+,32-23?. The summed E-state index contributed by atoms with van der Waals surface area (Å²) < 4.78 is 25.4. The van der Waals surface area contributed by atoms with E-state index in [9.17, 15) is 18.7 Å². The molecule has 0 bridgehead atoms. The molecular weight excluding hydrogens is 506 g/mol. The summed E-state index contributed by atoms with van der Waals surface area (Å²) in [5, 5.41) is 15.9. The highest BCUT2D eigenvalue weighted by molar-refractivity contribution is 8.06. The summed E-state index contributed by atoms with van der Waals surface area (Å²) in [7, 11) is 1.66. The number of carbonyl (C=O) groups is 1. The number of nitrogens with zero attached hydrogens (tertiary/aromatic N) is 3. The lowest BCUT2D eigenvalue weighted by Crippen LogP contribution is -2.39. The van der Waals surface area contributed by atoms with Gasteiger partial charge in [0, 0.05) is 49.0 Å². The third kappa shape index (κ3) is 9.19. The van der Waals surface area contributed by atoms with Crippen molar-refractivity contribution in [3.8, 4) is 0 Å². The van der Waals surface area contributed by atoms with Crippen LogP contribution in [0.2, 0.25) is 0 Å². The summed E-state index contributed by atoms with van der Waals surface area (Å²) in [6.45, 7) is 8.96. The van der Waals surface area contributed by atoms with Crippen LogP contribution in [0.15, 0.2) is 55.9 Å². The molecule has 0 aliphatic carbocycles. The van der Waals surface area contributed by atoms with Crippen LogP contribution in [-0.4, -0.2) is 65.7 Å². The van der Waals surface area contributed by atoms with E-state index in [4.69, 9.17) is 4.99 Å². The van der Waals surface area contributed by atoms with Crippen molar-refractivity contribution < 1.29 is 18.7 Å². The monoisotopic (exact) mass is 550 g/mol. The number of amides is 1.